The summed E-state index contributed by atoms with van der Waals surface area (Å²) in [5.74, 6) is -1.75. The van der Waals surface area contributed by atoms with E-state index in [0.29, 0.717) is 0 Å². The summed E-state index contributed by atoms with van der Waals surface area (Å²) in [5, 5.41) is 8.79. The maximum absolute atomic E-state index is 10.7. The second kappa shape index (κ2) is 5.16. The van der Waals surface area contributed by atoms with Gasteiger partial charge in [0.1, 0.15) is 6.10 Å². The molecular weight excluding hydrogens is 224 g/mol. The molecule has 0 aromatic carbocycles. The summed E-state index contributed by atoms with van der Waals surface area (Å²) in [7, 11) is 0. The highest BCUT2D eigenvalue weighted by Gasteiger charge is 2.41. The molecule has 2 rings (SSSR count). The van der Waals surface area contributed by atoms with Crippen molar-refractivity contribution in [1.29, 1.82) is 0 Å². The Morgan fingerprint density at radius 2 is 1.88 bits per heavy atom. The van der Waals surface area contributed by atoms with Crippen LogP contribution in [-0.2, 0) is 19.3 Å². The van der Waals surface area contributed by atoms with Crippen LogP contribution < -0.4 is 0 Å². The summed E-state index contributed by atoms with van der Waals surface area (Å²) in [5.41, 5.74) is -0.0338. The van der Waals surface area contributed by atoms with Gasteiger partial charge in [-0.3, -0.25) is 0 Å². The first-order valence-corrected chi connectivity index (χ1v) is 6.03. The van der Waals surface area contributed by atoms with Gasteiger partial charge in [0.25, 0.3) is 0 Å². The Balaban J connectivity index is 1.92. The minimum Gasteiger partial charge on any atom is -0.478 e. The van der Waals surface area contributed by atoms with Gasteiger partial charge in [-0.25, -0.2) is 14.6 Å². The van der Waals surface area contributed by atoms with Gasteiger partial charge in [0.05, 0.1) is 12.2 Å². The van der Waals surface area contributed by atoms with Crippen LogP contribution in [0.2, 0.25) is 0 Å². The third-order valence-corrected chi connectivity index (χ3v) is 3.34. The molecule has 1 N–H and O–H groups in total. The molecule has 0 radical (unpaired) electrons. The lowest BCUT2D eigenvalue weighted by Gasteiger charge is -2.38. The number of hydrogen-bond donors (Lipinski definition) is 1. The molecule has 1 spiro atoms. The van der Waals surface area contributed by atoms with Crippen molar-refractivity contribution in [3.8, 4) is 0 Å². The minimum absolute atomic E-state index is 0.0338. The van der Waals surface area contributed by atoms with Crippen molar-refractivity contribution in [2.75, 3.05) is 6.61 Å². The van der Waals surface area contributed by atoms with E-state index in [1.165, 1.54) is 12.8 Å². The van der Waals surface area contributed by atoms with Crippen molar-refractivity contribution >= 4 is 5.97 Å². The minimum atomic E-state index is -1.08. The molecule has 5 nitrogen and oxygen atoms in total. The lowest BCUT2D eigenvalue weighted by molar-refractivity contribution is -0.483. The molecule has 1 atom stereocenters. The maximum atomic E-state index is 10.7. The molecular formula is C12H18O5. The van der Waals surface area contributed by atoms with Crippen LogP contribution in [-0.4, -0.2) is 29.6 Å². The second-order valence-electron chi connectivity index (χ2n) is 4.63. The highest BCUT2D eigenvalue weighted by Crippen LogP contribution is 2.35. The first-order valence-electron chi connectivity index (χ1n) is 6.03. The Morgan fingerprint density at radius 1 is 1.24 bits per heavy atom. The van der Waals surface area contributed by atoms with Gasteiger partial charge >= 0.3 is 5.97 Å². The monoisotopic (exact) mass is 242 g/mol. The fourth-order valence-corrected chi connectivity index (χ4v) is 2.22. The fourth-order valence-electron chi connectivity index (χ4n) is 2.22. The molecule has 0 aromatic rings. The smallest absolute Gasteiger partial charge is 0.333 e. The predicted octanol–water partition coefficient (Wildman–Crippen LogP) is 2.02. The van der Waals surface area contributed by atoms with Gasteiger partial charge in [-0.15, -0.1) is 0 Å². The van der Waals surface area contributed by atoms with Crippen molar-refractivity contribution in [1.82, 2.24) is 0 Å². The van der Waals surface area contributed by atoms with Crippen LogP contribution in [0.15, 0.2) is 12.2 Å². The fraction of sp³-hybridized carbons (Fsp3) is 0.750. The summed E-state index contributed by atoms with van der Waals surface area (Å²) in [6, 6.07) is 0. The Labute approximate surface area is 100 Å². The number of carboxylic acids is 1. The van der Waals surface area contributed by atoms with Gasteiger partial charge in [0.2, 0.25) is 5.79 Å². The maximum Gasteiger partial charge on any atom is 0.333 e. The quantitative estimate of drug-likeness (QED) is 0.593. The molecule has 0 bridgehead atoms. The zero-order valence-corrected chi connectivity index (χ0v) is 9.81. The zero-order chi connectivity index (χ0) is 12.3. The molecule has 1 saturated heterocycles. The van der Waals surface area contributed by atoms with Crippen LogP contribution in [0.5, 0.6) is 0 Å². The Bertz CT molecular complexity index is 294. The highest BCUT2D eigenvalue weighted by atomic mass is 17.2. The van der Waals surface area contributed by atoms with E-state index in [1.54, 1.807) is 0 Å². The van der Waals surface area contributed by atoms with E-state index < -0.39 is 17.9 Å². The van der Waals surface area contributed by atoms with Crippen LogP contribution in [0.3, 0.4) is 0 Å². The average molecular weight is 242 g/mol. The topological polar surface area (TPSA) is 65.0 Å². The van der Waals surface area contributed by atoms with E-state index in [2.05, 4.69) is 6.58 Å². The lowest BCUT2D eigenvalue weighted by atomic mass is 10.1. The highest BCUT2D eigenvalue weighted by molar-refractivity contribution is 5.86. The number of carbonyl (C=O) groups is 1. The van der Waals surface area contributed by atoms with E-state index >= 15 is 0 Å². The van der Waals surface area contributed by atoms with Gasteiger partial charge in [0.15, 0.2) is 0 Å². The van der Waals surface area contributed by atoms with Crippen LogP contribution >= 0.6 is 0 Å². The van der Waals surface area contributed by atoms with Crippen molar-refractivity contribution in [3.63, 3.8) is 0 Å². The van der Waals surface area contributed by atoms with Crippen LogP contribution in [0, 0.1) is 0 Å². The summed E-state index contributed by atoms with van der Waals surface area (Å²) < 4.78 is 5.70. The Hall–Kier alpha value is -0.910. The first-order chi connectivity index (χ1) is 8.13. The van der Waals surface area contributed by atoms with Crippen molar-refractivity contribution in [2.24, 2.45) is 0 Å². The predicted molar refractivity (Wildman–Crippen MR) is 59.1 cm³/mol. The summed E-state index contributed by atoms with van der Waals surface area (Å²) in [6.45, 7) is 3.64. The van der Waals surface area contributed by atoms with Crippen LogP contribution in [0.25, 0.3) is 0 Å². The average Bonchev–Trinajstić information content (AvgIpc) is 2.55. The molecule has 0 aromatic heterocycles. The van der Waals surface area contributed by atoms with E-state index in [-0.39, 0.29) is 12.2 Å². The third-order valence-electron chi connectivity index (χ3n) is 3.34. The molecule has 2 fully saturated rings. The standard InChI is InChI=1S/C12H18O5/c1-9(11(13)14)10-8-15-12(17-16-10)6-4-2-3-5-7-12/h10H,1-8H2,(H,13,14)/t10-/m1/s1. The number of ether oxygens (including phenoxy) is 1. The number of hydrogen-bond acceptors (Lipinski definition) is 4. The first kappa shape index (κ1) is 12.5. The molecule has 1 heterocycles. The largest absolute Gasteiger partial charge is 0.478 e. The molecule has 1 aliphatic heterocycles. The second-order valence-corrected chi connectivity index (χ2v) is 4.63. The van der Waals surface area contributed by atoms with Crippen molar-refractivity contribution in [3.05, 3.63) is 12.2 Å². The van der Waals surface area contributed by atoms with E-state index in [4.69, 9.17) is 19.6 Å². The number of carboxylic acid groups (broad SMARTS) is 1. The summed E-state index contributed by atoms with van der Waals surface area (Å²) >= 11 is 0. The Kier molecular flexibility index (Phi) is 3.81. The molecule has 0 amide bonds. The SMILES string of the molecule is C=C(C(=O)O)[C@H]1COC2(CCCCCC2)OO1. The number of rotatable bonds is 2. The molecule has 1 aliphatic carbocycles. The third kappa shape index (κ3) is 2.86. The molecule has 0 unspecified atom stereocenters. The molecule has 2 aliphatic rings. The molecule has 17 heavy (non-hydrogen) atoms. The van der Waals surface area contributed by atoms with Crippen LogP contribution in [0.1, 0.15) is 38.5 Å². The normalized spacial score (nSPS) is 28.6. The molecule has 96 valence electrons. The van der Waals surface area contributed by atoms with Gasteiger partial charge in [-0.05, 0) is 12.8 Å². The van der Waals surface area contributed by atoms with Gasteiger partial charge in [-0.2, -0.15) is 0 Å². The van der Waals surface area contributed by atoms with Gasteiger partial charge < -0.3 is 9.84 Å². The Morgan fingerprint density at radius 3 is 2.35 bits per heavy atom. The van der Waals surface area contributed by atoms with E-state index in [9.17, 15) is 4.79 Å². The van der Waals surface area contributed by atoms with Gasteiger partial charge in [0, 0.05) is 12.8 Å². The molecule has 1 saturated carbocycles. The molecule has 5 heteroatoms. The van der Waals surface area contributed by atoms with E-state index in [1.807, 2.05) is 0 Å². The van der Waals surface area contributed by atoms with Gasteiger partial charge in [-0.1, -0.05) is 19.4 Å². The van der Waals surface area contributed by atoms with E-state index in [0.717, 1.165) is 25.7 Å². The number of aliphatic carboxylic acids is 1. The zero-order valence-electron chi connectivity index (χ0n) is 9.81. The summed E-state index contributed by atoms with van der Waals surface area (Å²) in [6.07, 6.45) is 5.36. The summed E-state index contributed by atoms with van der Waals surface area (Å²) in [4.78, 5) is 21.2. The van der Waals surface area contributed by atoms with Crippen LogP contribution in [0.4, 0.5) is 0 Å². The lowest BCUT2D eigenvalue weighted by Crippen LogP contribution is -2.46. The van der Waals surface area contributed by atoms with Crippen molar-refractivity contribution in [2.45, 2.75) is 50.4 Å². The van der Waals surface area contributed by atoms with Crippen molar-refractivity contribution < 1.29 is 24.4 Å².